The van der Waals surface area contributed by atoms with Crippen LogP contribution in [0.1, 0.15) is 19.3 Å². The van der Waals surface area contributed by atoms with Crippen molar-refractivity contribution in [2.75, 3.05) is 25.2 Å². The van der Waals surface area contributed by atoms with Gasteiger partial charge in [-0.05, 0) is 24.3 Å². The van der Waals surface area contributed by atoms with Crippen molar-refractivity contribution < 1.29 is 4.74 Å². The molecule has 0 aromatic carbocycles. The maximum Gasteiger partial charge on any atom is 0.0622 e. The number of hydrogen-bond donors (Lipinski definition) is 0. The van der Waals surface area contributed by atoms with Crippen LogP contribution in [0.2, 0.25) is 0 Å². The molecule has 0 aliphatic rings. The van der Waals surface area contributed by atoms with Crippen molar-refractivity contribution in [3.8, 4) is 6.07 Å². The highest BCUT2D eigenvalue weighted by atomic mass is 32.2. The number of rotatable bonds is 7. The number of nitrogens with zero attached hydrogens (tertiary/aromatic N) is 1. The van der Waals surface area contributed by atoms with Crippen molar-refractivity contribution in [1.29, 1.82) is 5.26 Å². The molecule has 0 saturated carbocycles. The molecule has 3 heteroatoms. The monoisotopic (exact) mass is 173 g/mol. The van der Waals surface area contributed by atoms with Gasteiger partial charge in [-0.3, -0.25) is 0 Å². The Bertz CT molecular complexity index is 111. The second-order valence-corrected chi connectivity index (χ2v) is 3.45. The third kappa shape index (κ3) is 9.80. The number of unbranched alkanes of at least 4 members (excludes halogenated alkanes) is 1. The quantitative estimate of drug-likeness (QED) is 0.552. The summed E-state index contributed by atoms with van der Waals surface area (Å²) in [5.41, 5.74) is 0. The Morgan fingerprint density at radius 3 is 2.73 bits per heavy atom. The van der Waals surface area contributed by atoms with E-state index >= 15 is 0 Å². The highest BCUT2D eigenvalue weighted by Gasteiger charge is 1.89. The SMILES string of the molecule is COCCCSCCCC#N. The molecule has 0 aromatic rings. The van der Waals surface area contributed by atoms with Crippen LogP contribution in [0.25, 0.3) is 0 Å². The van der Waals surface area contributed by atoms with Gasteiger partial charge < -0.3 is 4.74 Å². The molecule has 0 amide bonds. The van der Waals surface area contributed by atoms with E-state index in [2.05, 4.69) is 6.07 Å². The molecular weight excluding hydrogens is 158 g/mol. The maximum absolute atomic E-state index is 8.23. The number of hydrogen-bond acceptors (Lipinski definition) is 3. The lowest BCUT2D eigenvalue weighted by Crippen LogP contribution is -1.91. The van der Waals surface area contributed by atoms with Gasteiger partial charge in [0.25, 0.3) is 0 Å². The average molecular weight is 173 g/mol. The van der Waals surface area contributed by atoms with Gasteiger partial charge in [0.2, 0.25) is 0 Å². The van der Waals surface area contributed by atoms with Gasteiger partial charge in [-0.25, -0.2) is 0 Å². The van der Waals surface area contributed by atoms with E-state index in [1.165, 1.54) is 0 Å². The zero-order valence-corrected chi connectivity index (χ0v) is 7.82. The molecule has 0 heterocycles. The first-order chi connectivity index (χ1) is 5.41. The van der Waals surface area contributed by atoms with Crippen LogP contribution in [-0.4, -0.2) is 25.2 Å². The van der Waals surface area contributed by atoms with Crippen LogP contribution in [0, 0.1) is 11.3 Å². The highest BCUT2D eigenvalue weighted by molar-refractivity contribution is 7.99. The van der Waals surface area contributed by atoms with Crippen LogP contribution < -0.4 is 0 Å². The second kappa shape index (κ2) is 9.80. The first-order valence-corrected chi connectivity index (χ1v) is 5.01. The zero-order chi connectivity index (χ0) is 8.36. The van der Waals surface area contributed by atoms with Gasteiger partial charge in [0.1, 0.15) is 0 Å². The summed E-state index contributed by atoms with van der Waals surface area (Å²) < 4.78 is 4.90. The van der Waals surface area contributed by atoms with Crippen LogP contribution >= 0.6 is 11.8 Å². The van der Waals surface area contributed by atoms with Gasteiger partial charge in [0, 0.05) is 20.1 Å². The Labute approximate surface area is 72.9 Å². The van der Waals surface area contributed by atoms with Crippen LogP contribution in [0.5, 0.6) is 0 Å². The van der Waals surface area contributed by atoms with E-state index in [4.69, 9.17) is 10.00 Å². The highest BCUT2D eigenvalue weighted by Crippen LogP contribution is 2.05. The standard InChI is InChI=1S/C8H15NOS/c1-10-6-4-8-11-7-3-2-5-9/h2-4,6-8H2,1H3. The molecule has 0 aliphatic carbocycles. The molecule has 0 radical (unpaired) electrons. The lowest BCUT2D eigenvalue weighted by Gasteiger charge is -1.98. The predicted molar refractivity (Wildman–Crippen MR) is 48.7 cm³/mol. The fourth-order valence-electron chi connectivity index (χ4n) is 0.661. The molecule has 0 fully saturated rings. The largest absolute Gasteiger partial charge is 0.385 e. The fourth-order valence-corrected chi connectivity index (χ4v) is 1.54. The van der Waals surface area contributed by atoms with Crippen molar-refractivity contribution in [3.63, 3.8) is 0 Å². The molecule has 0 aliphatic heterocycles. The maximum atomic E-state index is 8.23. The third-order valence-corrected chi connectivity index (χ3v) is 2.37. The van der Waals surface area contributed by atoms with Gasteiger partial charge in [0.15, 0.2) is 0 Å². The molecule has 0 unspecified atom stereocenters. The van der Waals surface area contributed by atoms with Crippen LogP contribution in [0.4, 0.5) is 0 Å². The Morgan fingerprint density at radius 1 is 1.36 bits per heavy atom. The van der Waals surface area contributed by atoms with Crippen molar-refractivity contribution in [3.05, 3.63) is 0 Å². The van der Waals surface area contributed by atoms with E-state index in [9.17, 15) is 0 Å². The van der Waals surface area contributed by atoms with Crippen LogP contribution in [-0.2, 0) is 4.74 Å². The third-order valence-electron chi connectivity index (χ3n) is 1.21. The zero-order valence-electron chi connectivity index (χ0n) is 7.01. The molecule has 0 spiro atoms. The summed E-state index contributed by atoms with van der Waals surface area (Å²) >= 11 is 1.90. The molecule has 0 rings (SSSR count). The Kier molecular flexibility index (Phi) is 9.62. The topological polar surface area (TPSA) is 33.0 Å². The molecule has 0 atom stereocenters. The summed E-state index contributed by atoms with van der Waals surface area (Å²) in [6.45, 7) is 0.852. The summed E-state index contributed by atoms with van der Waals surface area (Å²) in [5, 5.41) is 8.23. The summed E-state index contributed by atoms with van der Waals surface area (Å²) in [7, 11) is 1.72. The lowest BCUT2D eigenvalue weighted by atomic mass is 10.4. The van der Waals surface area contributed by atoms with Crippen LogP contribution in [0.3, 0.4) is 0 Å². The van der Waals surface area contributed by atoms with Crippen molar-refractivity contribution in [2.24, 2.45) is 0 Å². The summed E-state index contributed by atoms with van der Waals surface area (Å²) in [4.78, 5) is 0. The van der Waals surface area contributed by atoms with E-state index in [1.54, 1.807) is 7.11 Å². The van der Waals surface area contributed by atoms with Gasteiger partial charge in [-0.15, -0.1) is 0 Å². The summed E-state index contributed by atoms with van der Waals surface area (Å²) in [5.74, 6) is 2.26. The molecule has 0 bridgehead atoms. The minimum absolute atomic E-state index is 0.692. The van der Waals surface area contributed by atoms with Crippen molar-refractivity contribution >= 4 is 11.8 Å². The number of ether oxygens (including phenoxy) is 1. The molecule has 0 saturated heterocycles. The Morgan fingerprint density at radius 2 is 2.09 bits per heavy atom. The number of thioether (sulfide) groups is 1. The van der Waals surface area contributed by atoms with Crippen LogP contribution in [0.15, 0.2) is 0 Å². The molecule has 11 heavy (non-hydrogen) atoms. The molecular formula is C8H15NOS. The summed E-state index contributed by atoms with van der Waals surface area (Å²) in [6.07, 6.45) is 2.83. The number of methoxy groups -OCH3 is 1. The molecule has 0 N–H and O–H groups in total. The van der Waals surface area contributed by atoms with E-state index in [-0.39, 0.29) is 0 Å². The number of nitriles is 1. The Hall–Kier alpha value is -0.200. The molecule has 0 aromatic heterocycles. The van der Waals surface area contributed by atoms with Gasteiger partial charge >= 0.3 is 0 Å². The summed E-state index contributed by atoms with van der Waals surface area (Å²) in [6, 6.07) is 2.13. The van der Waals surface area contributed by atoms with E-state index < -0.39 is 0 Å². The van der Waals surface area contributed by atoms with Gasteiger partial charge in [0.05, 0.1) is 6.07 Å². The first-order valence-electron chi connectivity index (χ1n) is 3.85. The first kappa shape index (κ1) is 10.8. The van der Waals surface area contributed by atoms with Crippen molar-refractivity contribution in [1.82, 2.24) is 0 Å². The lowest BCUT2D eigenvalue weighted by molar-refractivity contribution is 0.200. The fraction of sp³-hybridized carbons (Fsp3) is 0.875. The van der Waals surface area contributed by atoms with E-state index in [0.29, 0.717) is 6.42 Å². The second-order valence-electron chi connectivity index (χ2n) is 2.22. The average Bonchev–Trinajstić information content (AvgIpc) is 2.03. The van der Waals surface area contributed by atoms with E-state index in [0.717, 1.165) is 31.0 Å². The van der Waals surface area contributed by atoms with Crippen molar-refractivity contribution in [2.45, 2.75) is 19.3 Å². The minimum Gasteiger partial charge on any atom is -0.385 e. The minimum atomic E-state index is 0.692. The Balaban J connectivity index is 2.75. The smallest absolute Gasteiger partial charge is 0.0622 e. The molecule has 2 nitrogen and oxygen atoms in total. The predicted octanol–water partition coefficient (Wildman–Crippen LogP) is 2.06. The van der Waals surface area contributed by atoms with Gasteiger partial charge in [-0.2, -0.15) is 17.0 Å². The molecule has 64 valence electrons. The van der Waals surface area contributed by atoms with E-state index in [1.807, 2.05) is 11.8 Å². The van der Waals surface area contributed by atoms with Gasteiger partial charge in [-0.1, -0.05) is 0 Å². The normalized spacial score (nSPS) is 9.45.